The van der Waals surface area contributed by atoms with Crippen LogP contribution in [-0.2, 0) is 0 Å². The van der Waals surface area contributed by atoms with Crippen molar-refractivity contribution in [3.05, 3.63) is 175 Å². The third-order valence-corrected chi connectivity index (χ3v) is 13.3. The monoisotopic (exact) mass is 670 g/mol. The van der Waals surface area contributed by atoms with Crippen LogP contribution in [0.15, 0.2) is 164 Å². The second-order valence-corrected chi connectivity index (χ2v) is 15.7. The van der Waals surface area contributed by atoms with Crippen LogP contribution in [0.4, 0.5) is 0 Å². The zero-order valence-corrected chi connectivity index (χ0v) is 28.8. The molecular weight excluding hydrogens is 641 g/mol. The van der Waals surface area contributed by atoms with Crippen molar-refractivity contribution in [3.63, 3.8) is 0 Å². The lowest BCUT2D eigenvalue weighted by Crippen LogP contribution is -1.99. The molecule has 0 spiro atoms. The van der Waals surface area contributed by atoms with Gasteiger partial charge in [-0.25, -0.2) is 0 Å². The SMILES string of the molecule is C1=CC(c2cccc3ccccc23)CC=C1c1ccc2c(c1)sc1c3sc4cc(-c5ccc6ccccc6c5)ccc4c3c3ccccc3c21. The Morgan fingerprint density at radius 2 is 1.02 bits per heavy atom. The van der Waals surface area contributed by atoms with E-state index in [1.165, 1.54) is 100 Å². The van der Waals surface area contributed by atoms with Crippen molar-refractivity contribution in [2.24, 2.45) is 0 Å². The second kappa shape index (κ2) is 11.0. The predicted molar refractivity (Wildman–Crippen MR) is 221 cm³/mol. The molecule has 2 heterocycles. The third-order valence-electron chi connectivity index (χ3n) is 10.8. The molecule has 1 unspecified atom stereocenters. The quantitative estimate of drug-likeness (QED) is 0.175. The van der Waals surface area contributed by atoms with Gasteiger partial charge in [0.15, 0.2) is 0 Å². The molecule has 0 bridgehead atoms. The summed E-state index contributed by atoms with van der Waals surface area (Å²) >= 11 is 3.91. The fourth-order valence-corrected chi connectivity index (χ4v) is 11.0. The van der Waals surface area contributed by atoms with E-state index in [1.54, 1.807) is 0 Å². The number of fused-ring (bicyclic) bond motifs is 12. The Balaban J connectivity index is 1.03. The van der Waals surface area contributed by atoms with Crippen molar-refractivity contribution >= 4 is 101 Å². The maximum absolute atomic E-state index is 2.44. The Labute approximate surface area is 297 Å². The van der Waals surface area contributed by atoms with E-state index in [9.17, 15) is 0 Å². The summed E-state index contributed by atoms with van der Waals surface area (Å²) in [6.07, 6.45) is 8.20. The Hall–Kier alpha value is -5.54. The van der Waals surface area contributed by atoms with Crippen molar-refractivity contribution in [3.8, 4) is 11.1 Å². The third kappa shape index (κ3) is 4.29. The Morgan fingerprint density at radius 1 is 0.440 bits per heavy atom. The van der Waals surface area contributed by atoms with Crippen LogP contribution in [0.3, 0.4) is 0 Å². The molecule has 1 aliphatic carbocycles. The maximum Gasteiger partial charge on any atom is 0.0540 e. The van der Waals surface area contributed by atoms with Crippen LogP contribution in [-0.4, -0.2) is 0 Å². The first-order chi connectivity index (χ1) is 24.8. The van der Waals surface area contributed by atoms with Gasteiger partial charge < -0.3 is 0 Å². The number of hydrogen-bond acceptors (Lipinski definition) is 2. The number of allylic oxidation sites excluding steroid dienone is 4. The Kier molecular flexibility index (Phi) is 6.22. The Morgan fingerprint density at radius 3 is 1.74 bits per heavy atom. The minimum atomic E-state index is 0.396. The largest absolute Gasteiger partial charge is 0.134 e. The molecule has 0 N–H and O–H groups in total. The van der Waals surface area contributed by atoms with Gasteiger partial charge in [0.2, 0.25) is 0 Å². The van der Waals surface area contributed by atoms with E-state index in [0.717, 1.165) is 6.42 Å². The molecule has 1 aliphatic rings. The summed E-state index contributed by atoms with van der Waals surface area (Å²) in [6.45, 7) is 0. The summed E-state index contributed by atoms with van der Waals surface area (Å²) in [7, 11) is 0. The summed E-state index contributed by atoms with van der Waals surface area (Å²) in [5.74, 6) is 0.396. The standard InChI is InChI=1S/C48H30S2/c1-2-10-33-26-34(21-18-29(33)8-1)36-23-25-42-44(28-36)50-48-46(42)40-14-6-5-13-39(40)45-41-24-22-35(27-43(41)49-47(45)48)30-16-19-32(20-17-30)38-15-7-11-31-9-3-4-12-37(31)38/h1-19,21-28,32H,20H2. The van der Waals surface area contributed by atoms with Crippen LogP contribution < -0.4 is 0 Å². The predicted octanol–water partition coefficient (Wildman–Crippen LogP) is 14.7. The van der Waals surface area contributed by atoms with Crippen molar-refractivity contribution in [2.45, 2.75) is 12.3 Å². The lowest BCUT2D eigenvalue weighted by Gasteiger charge is -2.19. The van der Waals surface area contributed by atoms with Crippen LogP contribution in [0.5, 0.6) is 0 Å². The van der Waals surface area contributed by atoms with Gasteiger partial charge in [-0.3, -0.25) is 0 Å². The van der Waals surface area contributed by atoms with Crippen LogP contribution in [0.25, 0.3) is 89.4 Å². The molecule has 2 aromatic heterocycles. The van der Waals surface area contributed by atoms with Crippen LogP contribution in [0.2, 0.25) is 0 Å². The maximum atomic E-state index is 2.44. The molecule has 0 saturated heterocycles. The molecule has 1 atom stereocenters. The first kappa shape index (κ1) is 28.3. The van der Waals surface area contributed by atoms with Gasteiger partial charge in [0.1, 0.15) is 0 Å². The fourth-order valence-electron chi connectivity index (χ4n) is 8.33. The lowest BCUT2D eigenvalue weighted by molar-refractivity contribution is 0.865. The molecular formula is C48H30S2. The van der Waals surface area contributed by atoms with Gasteiger partial charge in [0, 0.05) is 36.9 Å². The van der Waals surface area contributed by atoms with E-state index in [1.807, 2.05) is 22.7 Å². The van der Waals surface area contributed by atoms with Crippen LogP contribution >= 0.6 is 22.7 Å². The molecule has 0 radical (unpaired) electrons. The first-order valence-corrected chi connectivity index (χ1v) is 19.0. The molecule has 10 aromatic rings. The van der Waals surface area contributed by atoms with Crippen LogP contribution in [0.1, 0.15) is 23.5 Å². The minimum absolute atomic E-state index is 0.396. The molecule has 0 fully saturated rings. The van der Waals surface area contributed by atoms with Crippen molar-refractivity contribution < 1.29 is 0 Å². The van der Waals surface area contributed by atoms with Gasteiger partial charge in [0.05, 0.1) is 9.40 Å². The lowest BCUT2D eigenvalue weighted by atomic mass is 9.86. The van der Waals surface area contributed by atoms with E-state index < -0.39 is 0 Å². The van der Waals surface area contributed by atoms with Crippen molar-refractivity contribution in [1.82, 2.24) is 0 Å². The smallest absolute Gasteiger partial charge is 0.0540 e. The van der Waals surface area contributed by atoms with E-state index >= 15 is 0 Å². The highest BCUT2D eigenvalue weighted by atomic mass is 32.1. The average molecular weight is 671 g/mol. The summed E-state index contributed by atoms with van der Waals surface area (Å²) < 4.78 is 5.51. The summed E-state index contributed by atoms with van der Waals surface area (Å²) in [5, 5.41) is 13.4. The number of benzene rings is 8. The molecule has 2 heteroatoms. The minimum Gasteiger partial charge on any atom is -0.134 e. The van der Waals surface area contributed by atoms with Gasteiger partial charge in [-0.15, -0.1) is 22.7 Å². The van der Waals surface area contributed by atoms with E-state index in [0.29, 0.717) is 5.92 Å². The van der Waals surface area contributed by atoms with E-state index in [-0.39, 0.29) is 0 Å². The Bertz CT molecular complexity index is 3070. The highest BCUT2D eigenvalue weighted by Gasteiger charge is 2.20. The molecule has 11 rings (SSSR count). The van der Waals surface area contributed by atoms with Gasteiger partial charge >= 0.3 is 0 Å². The van der Waals surface area contributed by atoms with E-state index in [4.69, 9.17) is 0 Å². The van der Waals surface area contributed by atoms with Gasteiger partial charge in [-0.05, 0) is 84.8 Å². The molecule has 8 aromatic carbocycles. The molecule has 0 amide bonds. The molecule has 0 aliphatic heterocycles. The van der Waals surface area contributed by atoms with Gasteiger partial charge in [-0.2, -0.15) is 0 Å². The first-order valence-electron chi connectivity index (χ1n) is 17.4. The molecule has 234 valence electrons. The number of thiophene rings is 2. The fraction of sp³-hybridized carbons (Fsp3) is 0.0417. The average Bonchev–Trinajstić information content (AvgIpc) is 3.76. The summed E-state index contributed by atoms with van der Waals surface area (Å²) in [5.41, 5.74) is 6.57. The molecule has 0 nitrogen and oxygen atoms in total. The van der Waals surface area contributed by atoms with Crippen molar-refractivity contribution in [1.29, 1.82) is 0 Å². The second-order valence-electron chi connectivity index (χ2n) is 13.6. The van der Waals surface area contributed by atoms with E-state index in [2.05, 4.69) is 164 Å². The zero-order valence-electron chi connectivity index (χ0n) is 27.2. The van der Waals surface area contributed by atoms with Gasteiger partial charge in [0.25, 0.3) is 0 Å². The number of hydrogen-bond donors (Lipinski definition) is 0. The highest BCUT2D eigenvalue weighted by molar-refractivity contribution is 7.33. The topological polar surface area (TPSA) is 0 Å². The van der Waals surface area contributed by atoms with Crippen molar-refractivity contribution in [2.75, 3.05) is 0 Å². The summed E-state index contributed by atoms with van der Waals surface area (Å²) in [6, 6.07) is 54.1. The molecule has 0 saturated carbocycles. The zero-order chi connectivity index (χ0) is 32.8. The number of rotatable bonds is 3. The highest BCUT2D eigenvalue weighted by Crippen LogP contribution is 2.50. The summed E-state index contributed by atoms with van der Waals surface area (Å²) in [4.78, 5) is 0. The molecule has 50 heavy (non-hydrogen) atoms. The van der Waals surface area contributed by atoms with Crippen LogP contribution in [0, 0.1) is 0 Å². The van der Waals surface area contributed by atoms with Gasteiger partial charge in [-0.1, -0.05) is 146 Å². The normalized spacial score (nSPS) is 15.0.